The Morgan fingerprint density at radius 1 is 1.47 bits per heavy atom. The highest BCUT2D eigenvalue weighted by atomic mass is 16.5. The van der Waals surface area contributed by atoms with E-state index in [2.05, 4.69) is 29.2 Å². The SMILES string of the molecule is Cc1cc(CNC2CCN(C(C)C)CC2)on1. The molecule has 1 N–H and O–H groups in total. The molecule has 0 aliphatic carbocycles. The normalized spacial score (nSPS) is 19.1. The average molecular weight is 237 g/mol. The first-order chi connectivity index (χ1) is 8.15. The Balaban J connectivity index is 1.71. The Morgan fingerprint density at radius 2 is 2.18 bits per heavy atom. The van der Waals surface area contributed by atoms with E-state index in [4.69, 9.17) is 4.52 Å². The van der Waals surface area contributed by atoms with Crippen molar-refractivity contribution in [3.63, 3.8) is 0 Å². The molecule has 4 heteroatoms. The quantitative estimate of drug-likeness (QED) is 0.869. The van der Waals surface area contributed by atoms with E-state index >= 15 is 0 Å². The van der Waals surface area contributed by atoms with Gasteiger partial charge in [0.25, 0.3) is 0 Å². The molecule has 0 atom stereocenters. The van der Waals surface area contributed by atoms with Crippen molar-refractivity contribution in [1.29, 1.82) is 0 Å². The number of aryl methyl sites for hydroxylation is 1. The van der Waals surface area contributed by atoms with E-state index in [1.807, 2.05) is 13.0 Å². The summed E-state index contributed by atoms with van der Waals surface area (Å²) in [5.74, 6) is 0.939. The van der Waals surface area contributed by atoms with Gasteiger partial charge in [-0.15, -0.1) is 0 Å². The van der Waals surface area contributed by atoms with Crippen LogP contribution in [0.3, 0.4) is 0 Å². The van der Waals surface area contributed by atoms with Gasteiger partial charge in [-0.2, -0.15) is 0 Å². The van der Waals surface area contributed by atoms with Crippen LogP contribution in [0.25, 0.3) is 0 Å². The van der Waals surface area contributed by atoms with E-state index in [9.17, 15) is 0 Å². The smallest absolute Gasteiger partial charge is 0.150 e. The lowest BCUT2D eigenvalue weighted by molar-refractivity contribution is 0.159. The Kier molecular flexibility index (Phi) is 4.18. The number of rotatable bonds is 4. The summed E-state index contributed by atoms with van der Waals surface area (Å²) in [6.07, 6.45) is 2.45. The molecule has 0 radical (unpaired) electrons. The van der Waals surface area contributed by atoms with Crippen LogP contribution in [-0.4, -0.2) is 35.2 Å². The van der Waals surface area contributed by atoms with Crippen molar-refractivity contribution in [2.24, 2.45) is 0 Å². The predicted octanol–water partition coefficient (Wildman–Crippen LogP) is 1.95. The maximum absolute atomic E-state index is 5.19. The molecule has 2 heterocycles. The summed E-state index contributed by atoms with van der Waals surface area (Å²) in [5, 5.41) is 7.44. The standard InChI is InChI=1S/C13H23N3O/c1-10(2)16-6-4-12(5-7-16)14-9-13-8-11(3)15-17-13/h8,10,12,14H,4-7,9H2,1-3H3. The Morgan fingerprint density at radius 3 is 2.71 bits per heavy atom. The van der Waals surface area contributed by atoms with Gasteiger partial charge in [0.05, 0.1) is 12.2 Å². The van der Waals surface area contributed by atoms with Gasteiger partial charge >= 0.3 is 0 Å². The lowest BCUT2D eigenvalue weighted by Crippen LogP contribution is -2.44. The minimum atomic E-state index is 0.621. The van der Waals surface area contributed by atoms with Crippen molar-refractivity contribution in [2.75, 3.05) is 13.1 Å². The van der Waals surface area contributed by atoms with Crippen LogP contribution in [0.4, 0.5) is 0 Å². The molecule has 2 rings (SSSR count). The summed E-state index contributed by atoms with van der Waals surface area (Å²) in [4.78, 5) is 2.54. The molecule has 0 unspecified atom stereocenters. The molecule has 1 aromatic rings. The van der Waals surface area contributed by atoms with Gasteiger partial charge in [-0.3, -0.25) is 0 Å². The third-order valence-corrected chi connectivity index (χ3v) is 3.50. The molecule has 0 spiro atoms. The van der Waals surface area contributed by atoms with E-state index in [1.54, 1.807) is 0 Å². The zero-order valence-electron chi connectivity index (χ0n) is 11.1. The molecule has 1 fully saturated rings. The summed E-state index contributed by atoms with van der Waals surface area (Å²) < 4.78 is 5.19. The molecular formula is C13H23N3O. The van der Waals surface area contributed by atoms with E-state index < -0.39 is 0 Å². The molecule has 0 saturated carbocycles. The molecule has 4 nitrogen and oxygen atoms in total. The fourth-order valence-electron chi connectivity index (χ4n) is 2.36. The summed E-state index contributed by atoms with van der Waals surface area (Å²) >= 11 is 0. The van der Waals surface area contributed by atoms with Gasteiger partial charge in [0.1, 0.15) is 0 Å². The van der Waals surface area contributed by atoms with Crippen LogP contribution in [0.15, 0.2) is 10.6 Å². The Labute approximate surface area is 103 Å². The van der Waals surface area contributed by atoms with Crippen molar-refractivity contribution < 1.29 is 4.52 Å². The van der Waals surface area contributed by atoms with Gasteiger partial charge in [0.15, 0.2) is 5.76 Å². The number of nitrogens with one attached hydrogen (secondary N) is 1. The molecule has 1 aliphatic rings. The number of aromatic nitrogens is 1. The van der Waals surface area contributed by atoms with Crippen LogP contribution in [-0.2, 0) is 6.54 Å². The Hall–Kier alpha value is -0.870. The highest BCUT2D eigenvalue weighted by Gasteiger charge is 2.20. The Bertz CT molecular complexity index is 340. The van der Waals surface area contributed by atoms with Gasteiger partial charge < -0.3 is 14.7 Å². The lowest BCUT2D eigenvalue weighted by Gasteiger charge is -2.34. The van der Waals surface area contributed by atoms with Gasteiger partial charge in [0, 0.05) is 18.2 Å². The van der Waals surface area contributed by atoms with Gasteiger partial charge in [0.2, 0.25) is 0 Å². The minimum Gasteiger partial charge on any atom is -0.360 e. The number of piperidine rings is 1. The summed E-state index contributed by atoms with van der Waals surface area (Å²) in [5.41, 5.74) is 0.955. The maximum atomic E-state index is 5.19. The number of hydrogen-bond acceptors (Lipinski definition) is 4. The molecule has 0 aromatic carbocycles. The van der Waals surface area contributed by atoms with Crippen molar-refractivity contribution in [3.8, 4) is 0 Å². The van der Waals surface area contributed by atoms with E-state index in [0.29, 0.717) is 12.1 Å². The zero-order chi connectivity index (χ0) is 12.3. The minimum absolute atomic E-state index is 0.621. The van der Waals surface area contributed by atoms with Crippen LogP contribution in [0.1, 0.15) is 38.1 Å². The van der Waals surface area contributed by atoms with Crippen LogP contribution < -0.4 is 5.32 Å². The highest BCUT2D eigenvalue weighted by molar-refractivity contribution is 5.02. The van der Waals surface area contributed by atoms with Crippen molar-refractivity contribution in [2.45, 2.75) is 52.2 Å². The van der Waals surface area contributed by atoms with E-state index in [0.717, 1.165) is 18.0 Å². The first-order valence-electron chi connectivity index (χ1n) is 6.55. The fourth-order valence-corrected chi connectivity index (χ4v) is 2.36. The largest absolute Gasteiger partial charge is 0.360 e. The first-order valence-corrected chi connectivity index (χ1v) is 6.55. The van der Waals surface area contributed by atoms with E-state index in [-0.39, 0.29) is 0 Å². The second kappa shape index (κ2) is 5.65. The van der Waals surface area contributed by atoms with Gasteiger partial charge in [-0.1, -0.05) is 5.16 Å². The number of nitrogens with zero attached hydrogens (tertiary/aromatic N) is 2. The van der Waals surface area contributed by atoms with E-state index in [1.165, 1.54) is 25.9 Å². The zero-order valence-corrected chi connectivity index (χ0v) is 11.1. The second-order valence-corrected chi connectivity index (χ2v) is 5.22. The molecule has 1 aromatic heterocycles. The lowest BCUT2D eigenvalue weighted by atomic mass is 10.0. The molecule has 0 bridgehead atoms. The van der Waals surface area contributed by atoms with Gasteiger partial charge in [-0.25, -0.2) is 0 Å². The summed E-state index contributed by atoms with van der Waals surface area (Å²) in [7, 11) is 0. The number of hydrogen-bond donors (Lipinski definition) is 1. The summed E-state index contributed by atoms with van der Waals surface area (Å²) in [6.45, 7) is 9.69. The third-order valence-electron chi connectivity index (χ3n) is 3.50. The molecule has 96 valence electrons. The van der Waals surface area contributed by atoms with Crippen molar-refractivity contribution >= 4 is 0 Å². The van der Waals surface area contributed by atoms with Crippen LogP contribution in [0.2, 0.25) is 0 Å². The molecule has 1 saturated heterocycles. The molecule has 17 heavy (non-hydrogen) atoms. The van der Waals surface area contributed by atoms with Crippen molar-refractivity contribution in [3.05, 3.63) is 17.5 Å². The molecule has 1 aliphatic heterocycles. The highest BCUT2D eigenvalue weighted by Crippen LogP contribution is 2.13. The predicted molar refractivity (Wildman–Crippen MR) is 67.8 cm³/mol. The summed E-state index contributed by atoms with van der Waals surface area (Å²) in [6, 6.07) is 3.29. The first kappa shape index (κ1) is 12.6. The van der Waals surface area contributed by atoms with Crippen LogP contribution in [0, 0.1) is 6.92 Å². The van der Waals surface area contributed by atoms with Crippen LogP contribution >= 0.6 is 0 Å². The molecule has 0 amide bonds. The second-order valence-electron chi connectivity index (χ2n) is 5.22. The average Bonchev–Trinajstić information content (AvgIpc) is 2.73. The maximum Gasteiger partial charge on any atom is 0.150 e. The number of likely N-dealkylation sites (tertiary alicyclic amines) is 1. The monoisotopic (exact) mass is 237 g/mol. The van der Waals surface area contributed by atoms with Crippen LogP contribution in [0.5, 0.6) is 0 Å². The molecular weight excluding hydrogens is 214 g/mol. The topological polar surface area (TPSA) is 41.3 Å². The van der Waals surface area contributed by atoms with Crippen molar-refractivity contribution in [1.82, 2.24) is 15.4 Å². The fraction of sp³-hybridized carbons (Fsp3) is 0.769. The van der Waals surface area contributed by atoms with Gasteiger partial charge in [-0.05, 0) is 46.7 Å². The third kappa shape index (κ3) is 3.54.